The van der Waals surface area contributed by atoms with Crippen LogP contribution in [0.4, 0.5) is 0 Å². The van der Waals surface area contributed by atoms with Crippen molar-refractivity contribution < 1.29 is 33.6 Å². The molecule has 1 saturated carbocycles. The van der Waals surface area contributed by atoms with Gasteiger partial charge in [0.2, 0.25) is 6.29 Å². The number of aliphatic hydroxyl groups is 1. The van der Waals surface area contributed by atoms with Crippen molar-refractivity contribution in [3.63, 3.8) is 0 Å². The van der Waals surface area contributed by atoms with Gasteiger partial charge in [-0.3, -0.25) is 4.79 Å². The van der Waals surface area contributed by atoms with E-state index in [1.54, 1.807) is 0 Å². The minimum Gasteiger partial charge on any atom is -0.460 e. The zero-order valence-electron chi connectivity index (χ0n) is 16.3. The molecular formula is C20H28O7. The van der Waals surface area contributed by atoms with Gasteiger partial charge >= 0.3 is 11.9 Å². The highest BCUT2D eigenvalue weighted by molar-refractivity contribution is 5.82. The average molecular weight is 380 g/mol. The molecule has 0 aromatic rings. The minimum atomic E-state index is -0.764. The third kappa shape index (κ3) is 1.98. The van der Waals surface area contributed by atoms with Gasteiger partial charge in [-0.1, -0.05) is 27.7 Å². The van der Waals surface area contributed by atoms with E-state index in [1.165, 1.54) is 0 Å². The first-order valence-electron chi connectivity index (χ1n) is 9.96. The average Bonchev–Trinajstić information content (AvgIpc) is 3.26. The second-order valence-corrected chi connectivity index (χ2v) is 10.2. The van der Waals surface area contributed by atoms with E-state index in [9.17, 15) is 14.7 Å². The third-order valence-corrected chi connectivity index (χ3v) is 7.93. The van der Waals surface area contributed by atoms with Crippen molar-refractivity contribution in [1.29, 1.82) is 0 Å². The molecule has 4 saturated heterocycles. The third-order valence-electron chi connectivity index (χ3n) is 7.93. The summed E-state index contributed by atoms with van der Waals surface area (Å²) in [6, 6.07) is 0. The predicted octanol–water partition coefficient (Wildman–Crippen LogP) is 1.41. The summed E-state index contributed by atoms with van der Waals surface area (Å²) in [5.41, 5.74) is -1.44. The molecule has 0 amide bonds. The Hall–Kier alpha value is -1.18. The number of hydrogen-bond donors (Lipinski definition) is 1. The molecule has 1 N–H and O–H groups in total. The summed E-state index contributed by atoms with van der Waals surface area (Å²) in [6.45, 7) is 8.90. The number of aliphatic hydroxyl groups excluding tert-OH is 1. The normalized spacial score (nSPS) is 53.4. The van der Waals surface area contributed by atoms with Gasteiger partial charge < -0.3 is 24.1 Å². The maximum Gasteiger partial charge on any atom is 0.336 e. The van der Waals surface area contributed by atoms with Gasteiger partial charge in [-0.2, -0.15) is 0 Å². The molecule has 7 heteroatoms. The van der Waals surface area contributed by atoms with E-state index in [2.05, 4.69) is 20.8 Å². The van der Waals surface area contributed by atoms with Crippen LogP contribution in [-0.4, -0.2) is 54.4 Å². The molecule has 5 aliphatic rings. The van der Waals surface area contributed by atoms with Crippen LogP contribution in [0.2, 0.25) is 0 Å². The standard InChI is InChI=1S/C20H28O7/c1-9-8-24-10(14(9)22)6-20-12-5-11(18(2,3)4)19(20)7-13(21)26-17(19)27-15(20)16(23)25-12/h9-12,14-15,17,22H,5-8H2,1-4H3/t9-,10?,11+,12?,14-,15?,17?,19?,20?/m1/s1. The number of hydrogen-bond acceptors (Lipinski definition) is 7. The maximum absolute atomic E-state index is 12.6. The molecule has 0 aromatic heterocycles. The van der Waals surface area contributed by atoms with Crippen molar-refractivity contribution in [3.8, 4) is 0 Å². The second-order valence-electron chi connectivity index (χ2n) is 10.2. The van der Waals surface area contributed by atoms with Crippen molar-refractivity contribution >= 4 is 11.9 Å². The van der Waals surface area contributed by atoms with E-state index in [0.717, 1.165) is 0 Å². The van der Waals surface area contributed by atoms with Crippen LogP contribution >= 0.6 is 0 Å². The highest BCUT2D eigenvalue weighted by atomic mass is 16.7. The second kappa shape index (κ2) is 5.24. The lowest BCUT2D eigenvalue weighted by Gasteiger charge is -2.45. The molecule has 150 valence electrons. The summed E-state index contributed by atoms with van der Waals surface area (Å²) >= 11 is 0. The van der Waals surface area contributed by atoms with Crippen LogP contribution in [0.5, 0.6) is 0 Å². The first-order valence-corrected chi connectivity index (χ1v) is 9.96. The summed E-state index contributed by atoms with van der Waals surface area (Å²) in [5, 5.41) is 10.6. The molecule has 5 rings (SSSR count). The molecule has 0 aromatic carbocycles. The lowest BCUT2D eigenvalue weighted by atomic mass is 9.54. The van der Waals surface area contributed by atoms with Crippen molar-refractivity contribution in [1.82, 2.24) is 0 Å². The zero-order valence-corrected chi connectivity index (χ0v) is 16.3. The summed E-state index contributed by atoms with van der Waals surface area (Å²) in [5.74, 6) is -0.525. The quantitative estimate of drug-likeness (QED) is 0.724. The van der Waals surface area contributed by atoms with E-state index < -0.39 is 35.4 Å². The van der Waals surface area contributed by atoms with E-state index in [0.29, 0.717) is 19.4 Å². The molecule has 27 heavy (non-hydrogen) atoms. The Morgan fingerprint density at radius 1 is 1.22 bits per heavy atom. The largest absolute Gasteiger partial charge is 0.460 e. The van der Waals surface area contributed by atoms with Gasteiger partial charge in [0, 0.05) is 5.92 Å². The first-order chi connectivity index (χ1) is 12.6. The maximum atomic E-state index is 12.6. The molecule has 1 aliphatic carbocycles. The Balaban J connectivity index is 1.64. The Labute approximate surface area is 158 Å². The highest BCUT2D eigenvalue weighted by Crippen LogP contribution is 2.76. The van der Waals surface area contributed by atoms with Crippen LogP contribution in [0.1, 0.15) is 47.0 Å². The van der Waals surface area contributed by atoms with Crippen LogP contribution in [0.15, 0.2) is 0 Å². The highest BCUT2D eigenvalue weighted by Gasteiger charge is 2.85. The first kappa shape index (κ1) is 17.9. The van der Waals surface area contributed by atoms with Gasteiger partial charge in [0.25, 0.3) is 0 Å². The molecule has 1 spiro atoms. The van der Waals surface area contributed by atoms with Crippen LogP contribution in [0.3, 0.4) is 0 Å². The molecule has 4 heterocycles. The zero-order chi connectivity index (χ0) is 19.4. The van der Waals surface area contributed by atoms with Crippen molar-refractivity contribution in [2.75, 3.05) is 6.61 Å². The predicted molar refractivity (Wildman–Crippen MR) is 91.2 cm³/mol. The number of esters is 2. The van der Waals surface area contributed by atoms with Crippen molar-refractivity contribution in [2.24, 2.45) is 28.1 Å². The van der Waals surface area contributed by atoms with Gasteiger partial charge in [0.15, 0.2) is 6.10 Å². The van der Waals surface area contributed by atoms with E-state index in [4.69, 9.17) is 18.9 Å². The van der Waals surface area contributed by atoms with Crippen LogP contribution in [0.25, 0.3) is 0 Å². The van der Waals surface area contributed by atoms with Gasteiger partial charge in [-0.15, -0.1) is 0 Å². The molecular weight excluding hydrogens is 352 g/mol. The van der Waals surface area contributed by atoms with Gasteiger partial charge in [-0.05, 0) is 24.2 Å². The molecule has 7 nitrogen and oxygen atoms in total. The lowest BCUT2D eigenvalue weighted by Crippen LogP contribution is -2.52. The minimum absolute atomic E-state index is 0.0380. The van der Waals surface area contributed by atoms with Gasteiger partial charge in [0.05, 0.1) is 36.1 Å². The molecule has 6 unspecified atom stereocenters. The van der Waals surface area contributed by atoms with Crippen LogP contribution in [0, 0.1) is 28.1 Å². The van der Waals surface area contributed by atoms with Crippen molar-refractivity contribution in [2.45, 2.75) is 77.7 Å². The van der Waals surface area contributed by atoms with Crippen molar-refractivity contribution in [3.05, 3.63) is 0 Å². The van der Waals surface area contributed by atoms with E-state index in [1.807, 2.05) is 6.92 Å². The molecule has 0 bridgehead atoms. The molecule has 4 aliphatic heterocycles. The Morgan fingerprint density at radius 2 is 1.96 bits per heavy atom. The van der Waals surface area contributed by atoms with Crippen LogP contribution < -0.4 is 0 Å². The van der Waals surface area contributed by atoms with Crippen LogP contribution in [-0.2, 0) is 28.5 Å². The van der Waals surface area contributed by atoms with E-state index >= 15 is 0 Å². The van der Waals surface area contributed by atoms with Gasteiger partial charge in [0.1, 0.15) is 6.10 Å². The number of carbonyl (C=O) groups is 2. The van der Waals surface area contributed by atoms with E-state index in [-0.39, 0.29) is 41.7 Å². The topological polar surface area (TPSA) is 91.3 Å². The number of rotatable bonds is 2. The smallest absolute Gasteiger partial charge is 0.336 e. The fraction of sp³-hybridized carbons (Fsp3) is 0.900. The summed E-state index contributed by atoms with van der Waals surface area (Å²) in [7, 11) is 0. The SMILES string of the molecule is C[C@@H]1COC(CC23C4C[C@@H](C(C)(C)C)C25CC(=O)OC5OC3C(=O)O4)[C@@H]1O. The Kier molecular flexibility index (Phi) is 3.47. The Morgan fingerprint density at radius 3 is 2.59 bits per heavy atom. The fourth-order valence-electron chi connectivity index (χ4n) is 6.85. The fourth-order valence-corrected chi connectivity index (χ4v) is 6.85. The molecule has 0 radical (unpaired) electrons. The number of carbonyl (C=O) groups excluding carboxylic acids is 2. The number of ether oxygens (including phenoxy) is 4. The summed E-state index contributed by atoms with van der Waals surface area (Å²) in [4.78, 5) is 25.0. The monoisotopic (exact) mass is 380 g/mol. The van der Waals surface area contributed by atoms with Gasteiger partial charge in [-0.25, -0.2) is 4.79 Å². The molecule has 5 fully saturated rings. The summed E-state index contributed by atoms with van der Waals surface area (Å²) in [6.07, 6.45) is -1.48. The molecule has 9 atom stereocenters. The lowest BCUT2D eigenvalue weighted by molar-refractivity contribution is -0.180. The Bertz CT molecular complexity index is 699. The summed E-state index contributed by atoms with van der Waals surface area (Å²) < 4.78 is 23.3.